The third-order valence-corrected chi connectivity index (χ3v) is 4.70. The molecule has 0 bridgehead atoms. The van der Waals surface area contributed by atoms with Crippen LogP contribution in [0.2, 0.25) is 0 Å². The van der Waals surface area contributed by atoms with Crippen LogP contribution < -0.4 is 4.57 Å². The topological polar surface area (TPSA) is 16.8 Å². The predicted octanol–water partition coefficient (Wildman–Crippen LogP) is 4.64. The maximum Gasteiger partial charge on any atom is 0.222 e. The van der Waals surface area contributed by atoms with Gasteiger partial charge in [0.05, 0.1) is 10.9 Å². The van der Waals surface area contributed by atoms with Crippen LogP contribution in [0.3, 0.4) is 0 Å². The summed E-state index contributed by atoms with van der Waals surface area (Å²) in [5.41, 5.74) is 6.47. The zero-order valence-corrected chi connectivity index (χ0v) is 14.9. The molecule has 3 rings (SSSR count). The largest absolute Gasteiger partial charge is 0.264 e. The van der Waals surface area contributed by atoms with E-state index in [9.17, 15) is 0 Å². The van der Waals surface area contributed by atoms with Gasteiger partial charge in [0.1, 0.15) is 7.05 Å². The van der Waals surface area contributed by atoms with Crippen molar-refractivity contribution >= 4 is 10.8 Å². The minimum Gasteiger partial charge on any atom is -0.264 e. The maximum atomic E-state index is 4.34. The monoisotopic (exact) mass is 305 g/mol. The second-order valence-corrected chi connectivity index (χ2v) is 7.44. The lowest BCUT2D eigenvalue weighted by atomic mass is 9.85. The Morgan fingerprint density at radius 3 is 2.39 bits per heavy atom. The van der Waals surface area contributed by atoms with Crippen LogP contribution in [0.4, 0.5) is 0 Å². The Kier molecular flexibility index (Phi) is 3.71. The number of fused-ring (bicyclic) bond motifs is 1. The van der Waals surface area contributed by atoms with Gasteiger partial charge >= 0.3 is 0 Å². The van der Waals surface area contributed by atoms with Gasteiger partial charge in [-0.15, -0.1) is 0 Å². The van der Waals surface area contributed by atoms with E-state index in [2.05, 4.69) is 81.5 Å². The molecule has 0 saturated heterocycles. The highest BCUT2D eigenvalue weighted by atomic mass is 14.9. The van der Waals surface area contributed by atoms with Gasteiger partial charge < -0.3 is 0 Å². The minimum absolute atomic E-state index is 0.157. The summed E-state index contributed by atoms with van der Waals surface area (Å²) in [6, 6.07) is 11.2. The molecule has 0 amide bonds. The molecule has 2 aromatic heterocycles. The Hall–Kier alpha value is -2.22. The second kappa shape index (κ2) is 5.45. The van der Waals surface area contributed by atoms with Crippen molar-refractivity contribution in [2.24, 2.45) is 7.05 Å². The summed E-state index contributed by atoms with van der Waals surface area (Å²) in [7, 11) is 2.13. The van der Waals surface area contributed by atoms with Crippen molar-refractivity contribution in [3.63, 3.8) is 0 Å². The van der Waals surface area contributed by atoms with Gasteiger partial charge in [-0.1, -0.05) is 32.9 Å². The highest BCUT2D eigenvalue weighted by Crippen LogP contribution is 2.31. The van der Waals surface area contributed by atoms with Crippen molar-refractivity contribution in [2.75, 3.05) is 0 Å². The van der Waals surface area contributed by atoms with Crippen LogP contribution >= 0.6 is 0 Å². The van der Waals surface area contributed by atoms with Crippen LogP contribution in [0, 0.1) is 13.8 Å². The summed E-state index contributed by atoms with van der Waals surface area (Å²) in [6.45, 7) is 11.1. The molecule has 2 heterocycles. The third-order valence-electron chi connectivity index (χ3n) is 4.70. The van der Waals surface area contributed by atoms with Gasteiger partial charge in [0.25, 0.3) is 0 Å². The molecule has 118 valence electrons. The molecule has 23 heavy (non-hydrogen) atoms. The van der Waals surface area contributed by atoms with Gasteiger partial charge in [-0.3, -0.25) is 4.98 Å². The van der Waals surface area contributed by atoms with Gasteiger partial charge in [0.2, 0.25) is 5.69 Å². The summed E-state index contributed by atoms with van der Waals surface area (Å²) in [6.07, 6.45) is 3.83. The fourth-order valence-corrected chi connectivity index (χ4v) is 3.08. The van der Waals surface area contributed by atoms with Crippen LogP contribution in [0.25, 0.3) is 22.0 Å². The zero-order chi connectivity index (χ0) is 16.8. The number of hydrogen-bond donors (Lipinski definition) is 0. The molecule has 0 saturated carbocycles. The Bertz CT molecular complexity index is 886. The molecule has 0 fully saturated rings. The number of aromatic nitrogens is 2. The summed E-state index contributed by atoms with van der Waals surface area (Å²) in [4.78, 5) is 4.34. The molecule has 0 aliphatic carbocycles. The van der Waals surface area contributed by atoms with E-state index in [-0.39, 0.29) is 5.41 Å². The van der Waals surface area contributed by atoms with E-state index in [1.807, 2.05) is 12.4 Å². The number of hydrogen-bond acceptors (Lipinski definition) is 1. The molecule has 3 aromatic rings. The standard InChI is InChI=1S/C21H25N2/c1-14-9-10-22-13-19(14)20-18-8-7-17(21(3,4)5)12-16(18)11-15(2)23(20)6/h7-13H,1-6H3/q+1. The Morgan fingerprint density at radius 2 is 1.74 bits per heavy atom. The van der Waals surface area contributed by atoms with E-state index >= 15 is 0 Å². The van der Waals surface area contributed by atoms with Crippen LogP contribution in [0.15, 0.2) is 42.7 Å². The van der Waals surface area contributed by atoms with Crippen molar-refractivity contribution in [3.8, 4) is 11.3 Å². The normalized spacial score (nSPS) is 11.9. The minimum atomic E-state index is 0.157. The molecule has 0 N–H and O–H groups in total. The van der Waals surface area contributed by atoms with Crippen LogP contribution in [-0.4, -0.2) is 4.98 Å². The number of aryl methyl sites for hydroxylation is 2. The summed E-state index contributed by atoms with van der Waals surface area (Å²) in [5.74, 6) is 0. The molecule has 0 aliphatic rings. The molecule has 0 aliphatic heterocycles. The van der Waals surface area contributed by atoms with Crippen molar-refractivity contribution in [3.05, 3.63) is 59.5 Å². The lowest BCUT2D eigenvalue weighted by Gasteiger charge is -2.20. The van der Waals surface area contributed by atoms with Crippen LogP contribution in [-0.2, 0) is 12.5 Å². The first-order valence-electron chi connectivity index (χ1n) is 8.14. The van der Waals surface area contributed by atoms with Crippen LogP contribution in [0.5, 0.6) is 0 Å². The lowest BCUT2D eigenvalue weighted by Crippen LogP contribution is -2.35. The molecule has 0 spiro atoms. The van der Waals surface area contributed by atoms with E-state index in [4.69, 9.17) is 0 Å². The smallest absolute Gasteiger partial charge is 0.222 e. The van der Waals surface area contributed by atoms with Gasteiger partial charge in [-0.25, -0.2) is 0 Å². The summed E-state index contributed by atoms with van der Waals surface area (Å²) in [5, 5.41) is 2.58. The fraction of sp³-hybridized carbons (Fsp3) is 0.333. The van der Waals surface area contributed by atoms with Crippen molar-refractivity contribution in [1.29, 1.82) is 0 Å². The molecule has 0 radical (unpaired) electrons. The summed E-state index contributed by atoms with van der Waals surface area (Å²) < 4.78 is 2.27. The van der Waals surface area contributed by atoms with Crippen molar-refractivity contribution in [1.82, 2.24) is 4.98 Å². The van der Waals surface area contributed by atoms with E-state index < -0.39 is 0 Å². The van der Waals surface area contributed by atoms with Gasteiger partial charge in [-0.2, -0.15) is 4.57 Å². The van der Waals surface area contributed by atoms with Gasteiger partial charge in [0.15, 0.2) is 5.69 Å². The quantitative estimate of drug-likeness (QED) is 0.598. The number of pyridine rings is 2. The first-order valence-corrected chi connectivity index (χ1v) is 8.14. The van der Waals surface area contributed by atoms with Crippen molar-refractivity contribution < 1.29 is 4.57 Å². The highest BCUT2D eigenvalue weighted by Gasteiger charge is 2.21. The first-order chi connectivity index (χ1) is 10.8. The summed E-state index contributed by atoms with van der Waals surface area (Å²) >= 11 is 0. The van der Waals surface area contributed by atoms with Crippen LogP contribution in [0.1, 0.15) is 37.6 Å². The van der Waals surface area contributed by atoms with E-state index in [1.165, 1.54) is 38.9 Å². The second-order valence-electron chi connectivity index (χ2n) is 7.44. The third kappa shape index (κ3) is 2.74. The predicted molar refractivity (Wildman–Crippen MR) is 96.5 cm³/mol. The van der Waals surface area contributed by atoms with E-state index in [1.54, 1.807) is 0 Å². The molecule has 2 heteroatoms. The number of nitrogens with zero attached hydrogens (tertiary/aromatic N) is 2. The van der Waals surface area contributed by atoms with E-state index in [0.717, 1.165) is 0 Å². The molecule has 0 unspecified atom stereocenters. The average molecular weight is 305 g/mol. The molecule has 0 atom stereocenters. The Labute approximate surface area is 138 Å². The molecule has 1 aromatic carbocycles. The number of benzene rings is 1. The Morgan fingerprint density at radius 1 is 1.00 bits per heavy atom. The van der Waals surface area contributed by atoms with E-state index in [0.29, 0.717) is 0 Å². The Balaban J connectivity index is 2.38. The highest BCUT2D eigenvalue weighted by molar-refractivity contribution is 5.94. The molecule has 2 nitrogen and oxygen atoms in total. The molecular weight excluding hydrogens is 280 g/mol. The number of rotatable bonds is 1. The van der Waals surface area contributed by atoms with Gasteiger partial charge in [-0.05, 0) is 41.0 Å². The lowest BCUT2D eigenvalue weighted by molar-refractivity contribution is -0.665. The SMILES string of the molecule is Cc1ccncc1-c1c2ccc(C(C)(C)C)cc2cc(C)[n+]1C. The molecular formula is C21H25N2+. The maximum absolute atomic E-state index is 4.34. The first kappa shape index (κ1) is 15.7. The average Bonchev–Trinajstić information content (AvgIpc) is 2.48. The van der Waals surface area contributed by atoms with Gasteiger partial charge in [0, 0.05) is 25.4 Å². The van der Waals surface area contributed by atoms with Crippen molar-refractivity contribution in [2.45, 2.75) is 40.0 Å². The zero-order valence-electron chi connectivity index (χ0n) is 14.9. The fourth-order valence-electron chi connectivity index (χ4n) is 3.08.